The van der Waals surface area contributed by atoms with Gasteiger partial charge in [0.05, 0.1) is 0 Å². The van der Waals surface area contributed by atoms with Gasteiger partial charge in [-0.25, -0.2) is 0 Å². The molecule has 0 saturated carbocycles. The molecule has 14 heavy (non-hydrogen) atoms. The van der Waals surface area contributed by atoms with E-state index < -0.39 is 0 Å². The third kappa shape index (κ3) is 1.78. The number of anilines is 1. The summed E-state index contributed by atoms with van der Waals surface area (Å²) in [6, 6.07) is 7.98. The summed E-state index contributed by atoms with van der Waals surface area (Å²) >= 11 is 5.02. The zero-order chi connectivity index (χ0) is 9.97. The Hall–Kier alpha value is -0.940. The molecule has 5 heteroatoms. The zero-order valence-corrected chi connectivity index (χ0v) is 9.89. The van der Waals surface area contributed by atoms with Crippen LogP contribution in [0.2, 0.25) is 0 Å². The molecule has 1 aromatic carbocycles. The lowest BCUT2D eigenvalue weighted by Crippen LogP contribution is -1.84. The Labute approximate surface area is 94.3 Å². The van der Waals surface area contributed by atoms with Gasteiger partial charge in [0.25, 0.3) is 0 Å². The Balaban J connectivity index is 2.44. The van der Waals surface area contributed by atoms with E-state index in [4.69, 9.17) is 0 Å². The maximum atomic E-state index is 4.09. The standard InChI is InChI=1S/C9H8BrN3S/c1-11-9-13-12-8(14-9)6-4-2-3-5-7(6)10/h2-5H,1H3,(H,11,13). The number of hydrogen-bond donors (Lipinski definition) is 1. The minimum Gasteiger partial charge on any atom is -0.363 e. The summed E-state index contributed by atoms with van der Waals surface area (Å²) in [4.78, 5) is 0. The van der Waals surface area contributed by atoms with Gasteiger partial charge in [0.15, 0.2) is 5.01 Å². The number of nitrogens with zero attached hydrogens (tertiary/aromatic N) is 2. The molecule has 3 nitrogen and oxygen atoms in total. The highest BCUT2D eigenvalue weighted by molar-refractivity contribution is 9.10. The van der Waals surface area contributed by atoms with Gasteiger partial charge in [-0.2, -0.15) is 0 Å². The van der Waals surface area contributed by atoms with Crippen molar-refractivity contribution in [3.63, 3.8) is 0 Å². The topological polar surface area (TPSA) is 37.8 Å². The first-order valence-corrected chi connectivity index (χ1v) is 5.68. The molecule has 0 atom stereocenters. The van der Waals surface area contributed by atoms with Crippen LogP contribution < -0.4 is 5.32 Å². The summed E-state index contributed by atoms with van der Waals surface area (Å²) < 4.78 is 1.04. The Kier molecular flexibility index (Phi) is 2.79. The van der Waals surface area contributed by atoms with Gasteiger partial charge in [-0.15, -0.1) is 10.2 Å². The number of benzene rings is 1. The maximum Gasteiger partial charge on any atom is 0.205 e. The maximum absolute atomic E-state index is 4.09. The van der Waals surface area contributed by atoms with Crippen molar-refractivity contribution < 1.29 is 0 Å². The van der Waals surface area contributed by atoms with Crippen molar-refractivity contribution in [3.05, 3.63) is 28.7 Å². The second-order valence-electron chi connectivity index (χ2n) is 2.64. The SMILES string of the molecule is CNc1nnc(-c2ccccc2Br)s1. The van der Waals surface area contributed by atoms with E-state index in [2.05, 4.69) is 31.4 Å². The number of hydrogen-bond acceptors (Lipinski definition) is 4. The van der Waals surface area contributed by atoms with Gasteiger partial charge in [0.1, 0.15) is 0 Å². The van der Waals surface area contributed by atoms with Crippen molar-refractivity contribution in [2.24, 2.45) is 0 Å². The van der Waals surface area contributed by atoms with Gasteiger partial charge in [-0.3, -0.25) is 0 Å². The fourth-order valence-electron chi connectivity index (χ4n) is 1.07. The van der Waals surface area contributed by atoms with Gasteiger partial charge in [-0.1, -0.05) is 45.5 Å². The van der Waals surface area contributed by atoms with Crippen molar-refractivity contribution in [3.8, 4) is 10.6 Å². The summed E-state index contributed by atoms with van der Waals surface area (Å²) in [5, 5.41) is 12.8. The first kappa shape index (κ1) is 9.61. The van der Waals surface area contributed by atoms with Crippen LogP contribution in [-0.2, 0) is 0 Å². The average molecular weight is 270 g/mol. The van der Waals surface area contributed by atoms with Crippen molar-refractivity contribution in [1.29, 1.82) is 0 Å². The van der Waals surface area contributed by atoms with Crippen LogP contribution in [0, 0.1) is 0 Å². The summed E-state index contributed by atoms with van der Waals surface area (Å²) in [5.41, 5.74) is 1.08. The number of aromatic nitrogens is 2. The average Bonchev–Trinajstić information content (AvgIpc) is 2.67. The van der Waals surface area contributed by atoms with Gasteiger partial charge >= 0.3 is 0 Å². The highest BCUT2D eigenvalue weighted by Crippen LogP contribution is 2.31. The molecule has 1 heterocycles. The van der Waals surface area contributed by atoms with E-state index in [1.54, 1.807) is 0 Å². The quantitative estimate of drug-likeness (QED) is 0.911. The molecular weight excluding hydrogens is 262 g/mol. The number of nitrogens with one attached hydrogen (secondary N) is 1. The monoisotopic (exact) mass is 269 g/mol. The van der Waals surface area contributed by atoms with Gasteiger partial charge in [0.2, 0.25) is 5.13 Å². The van der Waals surface area contributed by atoms with Crippen LogP contribution in [0.15, 0.2) is 28.7 Å². The predicted octanol–water partition coefficient (Wildman–Crippen LogP) is 3.01. The van der Waals surface area contributed by atoms with Crippen LogP contribution >= 0.6 is 27.3 Å². The Morgan fingerprint density at radius 2 is 2.07 bits per heavy atom. The van der Waals surface area contributed by atoms with Crippen LogP contribution in [-0.4, -0.2) is 17.2 Å². The molecule has 0 bridgehead atoms. The highest BCUT2D eigenvalue weighted by atomic mass is 79.9. The lowest BCUT2D eigenvalue weighted by molar-refractivity contribution is 1.09. The molecule has 0 aliphatic heterocycles. The van der Waals surface area contributed by atoms with E-state index in [1.165, 1.54) is 11.3 Å². The molecular formula is C9H8BrN3S. The van der Waals surface area contributed by atoms with Crippen LogP contribution in [0.4, 0.5) is 5.13 Å². The molecule has 0 amide bonds. The van der Waals surface area contributed by atoms with Crippen molar-refractivity contribution in [1.82, 2.24) is 10.2 Å². The van der Waals surface area contributed by atoms with Crippen LogP contribution in [0.1, 0.15) is 0 Å². The molecule has 1 N–H and O–H groups in total. The second kappa shape index (κ2) is 4.06. The zero-order valence-electron chi connectivity index (χ0n) is 7.49. The summed E-state index contributed by atoms with van der Waals surface area (Å²) in [6.07, 6.45) is 0. The van der Waals surface area contributed by atoms with Gasteiger partial charge < -0.3 is 5.32 Å². The number of halogens is 1. The molecule has 0 radical (unpaired) electrons. The van der Waals surface area contributed by atoms with E-state index in [1.807, 2.05) is 31.3 Å². The lowest BCUT2D eigenvalue weighted by Gasteiger charge is -1.97. The van der Waals surface area contributed by atoms with Crippen molar-refractivity contribution in [2.45, 2.75) is 0 Å². The first-order chi connectivity index (χ1) is 6.81. The smallest absolute Gasteiger partial charge is 0.205 e. The normalized spacial score (nSPS) is 10.1. The van der Waals surface area contributed by atoms with E-state index in [0.717, 1.165) is 20.2 Å². The molecule has 0 unspecified atom stereocenters. The fraction of sp³-hybridized carbons (Fsp3) is 0.111. The Morgan fingerprint density at radius 1 is 1.29 bits per heavy atom. The van der Waals surface area contributed by atoms with E-state index in [-0.39, 0.29) is 0 Å². The van der Waals surface area contributed by atoms with Gasteiger partial charge in [-0.05, 0) is 6.07 Å². The Morgan fingerprint density at radius 3 is 2.71 bits per heavy atom. The Bertz CT molecular complexity index is 441. The third-order valence-corrected chi connectivity index (χ3v) is 3.41. The second-order valence-corrected chi connectivity index (χ2v) is 4.47. The number of rotatable bonds is 2. The highest BCUT2D eigenvalue weighted by Gasteiger charge is 2.07. The third-order valence-electron chi connectivity index (χ3n) is 1.74. The van der Waals surface area contributed by atoms with Crippen molar-refractivity contribution >= 4 is 32.4 Å². The van der Waals surface area contributed by atoms with E-state index in [9.17, 15) is 0 Å². The minimum atomic E-state index is 0.829. The van der Waals surface area contributed by atoms with Crippen LogP contribution in [0.5, 0.6) is 0 Å². The van der Waals surface area contributed by atoms with Crippen LogP contribution in [0.3, 0.4) is 0 Å². The summed E-state index contributed by atoms with van der Waals surface area (Å²) in [5.74, 6) is 0. The molecule has 0 spiro atoms. The summed E-state index contributed by atoms with van der Waals surface area (Å²) in [6.45, 7) is 0. The molecule has 2 rings (SSSR count). The lowest BCUT2D eigenvalue weighted by atomic mass is 10.2. The minimum absolute atomic E-state index is 0.829. The molecule has 0 fully saturated rings. The van der Waals surface area contributed by atoms with E-state index in [0.29, 0.717) is 0 Å². The molecule has 2 aromatic rings. The molecule has 72 valence electrons. The first-order valence-electron chi connectivity index (χ1n) is 4.07. The molecule has 1 aromatic heterocycles. The molecule has 0 aliphatic rings. The fourth-order valence-corrected chi connectivity index (χ4v) is 2.41. The molecule has 0 aliphatic carbocycles. The van der Waals surface area contributed by atoms with E-state index >= 15 is 0 Å². The summed E-state index contributed by atoms with van der Waals surface area (Å²) in [7, 11) is 1.84. The van der Waals surface area contributed by atoms with Crippen molar-refractivity contribution in [2.75, 3.05) is 12.4 Å². The molecule has 0 saturated heterocycles. The van der Waals surface area contributed by atoms with Gasteiger partial charge in [0, 0.05) is 17.1 Å². The predicted molar refractivity (Wildman–Crippen MR) is 62.6 cm³/mol. The van der Waals surface area contributed by atoms with Crippen LogP contribution in [0.25, 0.3) is 10.6 Å². The largest absolute Gasteiger partial charge is 0.363 e.